The lowest BCUT2D eigenvalue weighted by molar-refractivity contribution is 0.391. The summed E-state index contributed by atoms with van der Waals surface area (Å²) >= 11 is 0. The van der Waals surface area contributed by atoms with Gasteiger partial charge in [-0.3, -0.25) is 0 Å². The van der Waals surface area contributed by atoms with Crippen LogP contribution in [0.1, 0.15) is 38.7 Å². The molecule has 2 rings (SSSR count). The van der Waals surface area contributed by atoms with Gasteiger partial charge in [0, 0.05) is 12.2 Å². The Balaban J connectivity index is 2.11. The lowest BCUT2D eigenvalue weighted by atomic mass is 9.87. The number of fused-ring (bicyclic) bond motifs is 1. The molecule has 0 saturated carbocycles. The van der Waals surface area contributed by atoms with E-state index in [1.54, 1.807) is 0 Å². The normalized spacial score (nSPS) is 19.8. The fourth-order valence-corrected chi connectivity index (χ4v) is 2.54. The Bertz CT molecular complexity index is 318. The molecule has 2 nitrogen and oxygen atoms in total. The molecular formula is C13H20N2. The maximum absolute atomic E-state index is 4.41. The van der Waals surface area contributed by atoms with Crippen LogP contribution in [0.3, 0.4) is 0 Å². The SMILES string of the molecule is CCC(CC)C1CCc2cccnc2N1. The van der Waals surface area contributed by atoms with Gasteiger partial charge in [-0.15, -0.1) is 0 Å². The lowest BCUT2D eigenvalue weighted by Crippen LogP contribution is -2.33. The Morgan fingerprint density at radius 3 is 3.00 bits per heavy atom. The average molecular weight is 204 g/mol. The van der Waals surface area contributed by atoms with Gasteiger partial charge in [-0.25, -0.2) is 4.98 Å². The molecule has 1 N–H and O–H groups in total. The van der Waals surface area contributed by atoms with Gasteiger partial charge in [0.2, 0.25) is 0 Å². The minimum absolute atomic E-state index is 0.627. The standard InChI is InChI=1S/C13H20N2/c1-3-10(4-2)12-8-7-11-6-5-9-14-13(11)15-12/h5-6,9-10,12H,3-4,7-8H2,1-2H3,(H,14,15). The van der Waals surface area contributed by atoms with Crippen molar-refractivity contribution in [1.29, 1.82) is 0 Å². The van der Waals surface area contributed by atoms with Crippen molar-refractivity contribution in [3.05, 3.63) is 23.9 Å². The topological polar surface area (TPSA) is 24.9 Å². The van der Waals surface area contributed by atoms with Crippen LogP contribution >= 0.6 is 0 Å². The summed E-state index contributed by atoms with van der Waals surface area (Å²) in [4.78, 5) is 4.41. The molecule has 2 heteroatoms. The van der Waals surface area contributed by atoms with E-state index in [4.69, 9.17) is 0 Å². The Hall–Kier alpha value is -1.05. The van der Waals surface area contributed by atoms with Crippen molar-refractivity contribution < 1.29 is 0 Å². The van der Waals surface area contributed by atoms with Crippen LogP contribution in [0.25, 0.3) is 0 Å². The number of aryl methyl sites for hydroxylation is 1. The van der Waals surface area contributed by atoms with Crippen molar-refractivity contribution in [2.75, 3.05) is 5.32 Å². The fraction of sp³-hybridized carbons (Fsp3) is 0.615. The van der Waals surface area contributed by atoms with Gasteiger partial charge in [-0.2, -0.15) is 0 Å². The van der Waals surface area contributed by atoms with E-state index < -0.39 is 0 Å². The zero-order valence-electron chi connectivity index (χ0n) is 9.66. The van der Waals surface area contributed by atoms with Gasteiger partial charge >= 0.3 is 0 Å². The maximum Gasteiger partial charge on any atom is 0.129 e. The summed E-state index contributed by atoms with van der Waals surface area (Å²) in [5.74, 6) is 1.90. The summed E-state index contributed by atoms with van der Waals surface area (Å²) < 4.78 is 0. The highest BCUT2D eigenvalue weighted by molar-refractivity contribution is 5.47. The third kappa shape index (κ3) is 2.14. The van der Waals surface area contributed by atoms with E-state index in [0.717, 1.165) is 11.7 Å². The molecule has 0 fully saturated rings. The number of anilines is 1. The third-order valence-corrected chi connectivity index (χ3v) is 3.56. The molecular weight excluding hydrogens is 184 g/mol. The molecule has 1 atom stereocenters. The van der Waals surface area contributed by atoms with Crippen molar-refractivity contribution in [2.24, 2.45) is 5.92 Å². The molecule has 0 aromatic carbocycles. The van der Waals surface area contributed by atoms with E-state index in [0.29, 0.717) is 6.04 Å². The predicted molar refractivity (Wildman–Crippen MR) is 64.0 cm³/mol. The van der Waals surface area contributed by atoms with Gasteiger partial charge in [-0.1, -0.05) is 32.8 Å². The molecule has 0 bridgehead atoms. The summed E-state index contributed by atoms with van der Waals surface area (Å²) in [6.07, 6.45) is 6.83. The van der Waals surface area contributed by atoms with Crippen LogP contribution in [0.5, 0.6) is 0 Å². The summed E-state index contributed by atoms with van der Waals surface area (Å²) in [6, 6.07) is 4.83. The minimum Gasteiger partial charge on any atom is -0.367 e. The summed E-state index contributed by atoms with van der Waals surface area (Å²) in [6.45, 7) is 4.56. The third-order valence-electron chi connectivity index (χ3n) is 3.56. The first-order valence-corrected chi connectivity index (χ1v) is 6.05. The second-order valence-corrected chi connectivity index (χ2v) is 4.38. The van der Waals surface area contributed by atoms with Gasteiger partial charge < -0.3 is 5.32 Å². The van der Waals surface area contributed by atoms with E-state index >= 15 is 0 Å². The monoisotopic (exact) mass is 204 g/mol. The molecule has 1 aliphatic heterocycles. The molecule has 15 heavy (non-hydrogen) atoms. The molecule has 0 saturated heterocycles. The van der Waals surface area contributed by atoms with Gasteiger partial charge in [0.1, 0.15) is 5.82 Å². The highest BCUT2D eigenvalue weighted by Crippen LogP contribution is 2.28. The molecule has 0 spiro atoms. The molecule has 0 aliphatic carbocycles. The maximum atomic E-state index is 4.41. The number of nitrogens with one attached hydrogen (secondary N) is 1. The number of nitrogens with zero attached hydrogens (tertiary/aromatic N) is 1. The van der Waals surface area contributed by atoms with Gasteiger partial charge in [-0.05, 0) is 30.4 Å². The number of hydrogen-bond acceptors (Lipinski definition) is 2. The van der Waals surface area contributed by atoms with Crippen LogP contribution in [-0.4, -0.2) is 11.0 Å². The Morgan fingerprint density at radius 1 is 1.47 bits per heavy atom. The van der Waals surface area contributed by atoms with Gasteiger partial charge in [0.25, 0.3) is 0 Å². The zero-order chi connectivity index (χ0) is 10.7. The Labute approximate surface area is 92.1 Å². The summed E-state index contributed by atoms with van der Waals surface area (Å²) in [5, 5.41) is 3.59. The van der Waals surface area contributed by atoms with Gasteiger partial charge in [0.05, 0.1) is 0 Å². The van der Waals surface area contributed by atoms with Crippen LogP contribution in [0.4, 0.5) is 5.82 Å². The molecule has 0 amide bonds. The van der Waals surface area contributed by atoms with Crippen LogP contribution in [0.15, 0.2) is 18.3 Å². The van der Waals surface area contributed by atoms with Crippen LogP contribution < -0.4 is 5.32 Å². The molecule has 1 aromatic heterocycles. The second kappa shape index (κ2) is 4.65. The predicted octanol–water partition coefficient (Wildman–Crippen LogP) is 3.24. The molecule has 1 aliphatic rings. The number of aromatic nitrogens is 1. The van der Waals surface area contributed by atoms with Crippen molar-refractivity contribution in [2.45, 2.75) is 45.6 Å². The highest BCUT2D eigenvalue weighted by atomic mass is 15.0. The highest BCUT2D eigenvalue weighted by Gasteiger charge is 2.23. The second-order valence-electron chi connectivity index (χ2n) is 4.38. The number of hydrogen-bond donors (Lipinski definition) is 1. The smallest absolute Gasteiger partial charge is 0.129 e. The number of rotatable bonds is 3. The minimum atomic E-state index is 0.627. The fourth-order valence-electron chi connectivity index (χ4n) is 2.54. The van der Waals surface area contributed by atoms with E-state index in [1.807, 2.05) is 12.3 Å². The quantitative estimate of drug-likeness (QED) is 0.817. The van der Waals surface area contributed by atoms with Crippen LogP contribution in [0.2, 0.25) is 0 Å². The van der Waals surface area contributed by atoms with Crippen molar-refractivity contribution in [1.82, 2.24) is 4.98 Å². The average Bonchev–Trinajstić information content (AvgIpc) is 2.30. The van der Waals surface area contributed by atoms with E-state index in [2.05, 4.69) is 30.2 Å². The van der Waals surface area contributed by atoms with Crippen molar-refractivity contribution in [3.8, 4) is 0 Å². The molecule has 0 radical (unpaired) electrons. The molecule has 1 aromatic rings. The first kappa shape index (κ1) is 10.5. The van der Waals surface area contributed by atoms with Crippen LogP contribution in [0, 0.1) is 5.92 Å². The molecule has 2 heterocycles. The number of pyridine rings is 1. The Kier molecular flexibility index (Phi) is 3.24. The molecule has 1 unspecified atom stereocenters. The first-order valence-electron chi connectivity index (χ1n) is 6.05. The van der Waals surface area contributed by atoms with E-state index in [9.17, 15) is 0 Å². The van der Waals surface area contributed by atoms with E-state index in [-0.39, 0.29) is 0 Å². The van der Waals surface area contributed by atoms with Crippen LogP contribution in [-0.2, 0) is 6.42 Å². The van der Waals surface area contributed by atoms with Crippen molar-refractivity contribution >= 4 is 5.82 Å². The summed E-state index contributed by atoms with van der Waals surface area (Å²) in [7, 11) is 0. The molecule has 82 valence electrons. The zero-order valence-corrected chi connectivity index (χ0v) is 9.66. The van der Waals surface area contributed by atoms with Crippen molar-refractivity contribution in [3.63, 3.8) is 0 Å². The Morgan fingerprint density at radius 2 is 2.27 bits per heavy atom. The van der Waals surface area contributed by atoms with Gasteiger partial charge in [0.15, 0.2) is 0 Å². The lowest BCUT2D eigenvalue weighted by Gasteiger charge is -2.31. The largest absolute Gasteiger partial charge is 0.367 e. The van der Waals surface area contributed by atoms with E-state index in [1.165, 1.54) is 31.2 Å². The summed E-state index contributed by atoms with van der Waals surface area (Å²) in [5.41, 5.74) is 1.37. The first-order chi connectivity index (χ1) is 7.35.